The van der Waals surface area contributed by atoms with Crippen LogP contribution in [0.25, 0.3) is 11.5 Å². The Morgan fingerprint density at radius 3 is 2.45 bits per heavy atom. The van der Waals surface area contributed by atoms with Crippen LogP contribution in [0.1, 0.15) is 23.2 Å². The molecule has 0 aliphatic heterocycles. The molecular weight excluding hydrogens is 277 g/mol. The molecule has 2 rings (SSSR count). The van der Waals surface area contributed by atoms with Crippen molar-refractivity contribution in [2.75, 3.05) is 6.61 Å². The number of esters is 1. The number of carbonyl (C=O) groups is 1. The molecule has 0 atom stereocenters. The van der Waals surface area contributed by atoms with Gasteiger partial charge in [0.05, 0.1) is 12.2 Å². The molecule has 0 fully saturated rings. The van der Waals surface area contributed by atoms with Gasteiger partial charge >= 0.3 is 18.0 Å². The molecule has 0 unspecified atom stereocenters. The van der Waals surface area contributed by atoms with Gasteiger partial charge in [-0.25, -0.2) is 4.79 Å². The molecule has 106 valence electrons. The van der Waals surface area contributed by atoms with Crippen LogP contribution in [0.4, 0.5) is 13.2 Å². The Balaban J connectivity index is 2.22. The number of benzene rings is 1. The number of ether oxygens (including phenoxy) is 1. The normalized spacial score (nSPS) is 11.4. The molecule has 1 aromatic carbocycles. The fourth-order valence-electron chi connectivity index (χ4n) is 1.42. The van der Waals surface area contributed by atoms with Crippen LogP contribution in [-0.2, 0) is 10.9 Å². The van der Waals surface area contributed by atoms with Crippen LogP contribution in [0.5, 0.6) is 0 Å². The van der Waals surface area contributed by atoms with E-state index in [0.29, 0.717) is 0 Å². The Morgan fingerprint density at radius 2 is 1.90 bits per heavy atom. The quantitative estimate of drug-likeness (QED) is 0.812. The molecule has 0 N–H and O–H groups in total. The van der Waals surface area contributed by atoms with Crippen molar-refractivity contribution >= 4 is 5.97 Å². The standard InChI is InChI=1S/C12H9F3N2O3/c1-2-19-11(18)10-17-16-9(20-10)7-3-5-8(6-4-7)12(13,14)15/h3-6H,2H2,1H3. The van der Waals surface area contributed by atoms with Gasteiger partial charge < -0.3 is 9.15 Å². The summed E-state index contributed by atoms with van der Waals surface area (Å²) in [6, 6.07) is 4.16. The lowest BCUT2D eigenvalue weighted by Crippen LogP contribution is -2.04. The predicted octanol–water partition coefficient (Wildman–Crippen LogP) is 2.93. The fraction of sp³-hybridized carbons (Fsp3) is 0.250. The Hall–Kier alpha value is -2.38. The second-order valence-electron chi connectivity index (χ2n) is 3.71. The molecule has 8 heteroatoms. The summed E-state index contributed by atoms with van der Waals surface area (Å²) in [4.78, 5) is 11.3. The van der Waals surface area contributed by atoms with Gasteiger partial charge in [-0.2, -0.15) is 13.2 Å². The van der Waals surface area contributed by atoms with Crippen molar-refractivity contribution in [3.63, 3.8) is 0 Å². The van der Waals surface area contributed by atoms with Gasteiger partial charge in [-0.15, -0.1) is 10.2 Å². The van der Waals surface area contributed by atoms with Crippen molar-refractivity contribution in [2.24, 2.45) is 0 Å². The first-order chi connectivity index (χ1) is 9.41. The van der Waals surface area contributed by atoms with Crippen LogP contribution >= 0.6 is 0 Å². The van der Waals surface area contributed by atoms with E-state index >= 15 is 0 Å². The Bertz CT molecular complexity index is 605. The van der Waals surface area contributed by atoms with Crippen molar-refractivity contribution in [1.82, 2.24) is 10.2 Å². The maximum Gasteiger partial charge on any atom is 0.416 e. The maximum absolute atomic E-state index is 12.4. The first kappa shape index (κ1) is 14.0. The van der Waals surface area contributed by atoms with E-state index in [1.807, 2.05) is 0 Å². The van der Waals surface area contributed by atoms with E-state index in [0.717, 1.165) is 12.1 Å². The van der Waals surface area contributed by atoms with E-state index in [1.54, 1.807) is 6.92 Å². The Morgan fingerprint density at radius 1 is 1.25 bits per heavy atom. The summed E-state index contributed by atoms with van der Waals surface area (Å²) in [7, 11) is 0. The van der Waals surface area contributed by atoms with Gasteiger partial charge in [0.15, 0.2) is 0 Å². The lowest BCUT2D eigenvalue weighted by atomic mass is 10.1. The third-order valence-corrected chi connectivity index (χ3v) is 2.33. The number of hydrogen-bond acceptors (Lipinski definition) is 5. The number of alkyl halides is 3. The molecule has 0 aliphatic carbocycles. The number of carbonyl (C=O) groups excluding carboxylic acids is 1. The third-order valence-electron chi connectivity index (χ3n) is 2.33. The summed E-state index contributed by atoms with van der Waals surface area (Å²) in [6.07, 6.45) is -4.41. The zero-order valence-electron chi connectivity index (χ0n) is 10.3. The van der Waals surface area contributed by atoms with Gasteiger partial charge in [0.1, 0.15) is 0 Å². The highest BCUT2D eigenvalue weighted by Gasteiger charge is 2.30. The fourth-order valence-corrected chi connectivity index (χ4v) is 1.42. The van der Waals surface area contributed by atoms with Crippen molar-refractivity contribution < 1.29 is 27.1 Å². The van der Waals surface area contributed by atoms with Crippen molar-refractivity contribution in [3.05, 3.63) is 35.7 Å². The van der Waals surface area contributed by atoms with E-state index < -0.39 is 17.7 Å². The van der Waals surface area contributed by atoms with Crippen LogP contribution in [0, 0.1) is 0 Å². The first-order valence-electron chi connectivity index (χ1n) is 5.60. The number of nitrogens with zero attached hydrogens (tertiary/aromatic N) is 2. The topological polar surface area (TPSA) is 65.2 Å². The molecule has 0 bridgehead atoms. The molecule has 0 aliphatic rings. The molecule has 1 aromatic heterocycles. The monoisotopic (exact) mass is 286 g/mol. The summed E-state index contributed by atoms with van der Waals surface area (Å²) in [6.45, 7) is 1.77. The maximum atomic E-state index is 12.4. The van der Waals surface area contributed by atoms with E-state index in [1.165, 1.54) is 12.1 Å². The van der Waals surface area contributed by atoms with E-state index in [-0.39, 0.29) is 24.0 Å². The largest absolute Gasteiger partial charge is 0.459 e. The van der Waals surface area contributed by atoms with Gasteiger partial charge in [0, 0.05) is 5.56 Å². The van der Waals surface area contributed by atoms with Crippen molar-refractivity contribution in [3.8, 4) is 11.5 Å². The molecule has 2 aromatic rings. The second kappa shape index (κ2) is 5.32. The third kappa shape index (κ3) is 2.95. The molecular formula is C12H9F3N2O3. The molecule has 20 heavy (non-hydrogen) atoms. The van der Waals surface area contributed by atoms with E-state index in [2.05, 4.69) is 14.9 Å². The van der Waals surface area contributed by atoms with Crippen LogP contribution in [0.15, 0.2) is 28.7 Å². The van der Waals surface area contributed by atoms with Gasteiger partial charge in [-0.3, -0.25) is 0 Å². The SMILES string of the molecule is CCOC(=O)c1nnc(-c2ccc(C(F)(F)F)cc2)o1. The van der Waals surface area contributed by atoms with Gasteiger partial charge in [-0.1, -0.05) is 0 Å². The highest BCUT2D eigenvalue weighted by Crippen LogP contribution is 2.30. The smallest absolute Gasteiger partial charge is 0.416 e. The number of aromatic nitrogens is 2. The Kier molecular flexibility index (Phi) is 3.73. The average molecular weight is 286 g/mol. The summed E-state index contributed by atoms with van der Waals surface area (Å²) in [5, 5.41) is 7.05. The van der Waals surface area contributed by atoms with E-state index in [9.17, 15) is 18.0 Å². The minimum absolute atomic E-state index is 0.0539. The minimum Gasteiger partial charge on any atom is -0.459 e. The van der Waals surface area contributed by atoms with Gasteiger partial charge in [-0.05, 0) is 31.2 Å². The van der Waals surface area contributed by atoms with Crippen LogP contribution in [-0.4, -0.2) is 22.8 Å². The van der Waals surface area contributed by atoms with Gasteiger partial charge in [0.2, 0.25) is 5.89 Å². The molecule has 1 heterocycles. The minimum atomic E-state index is -4.41. The predicted molar refractivity (Wildman–Crippen MR) is 60.7 cm³/mol. The second-order valence-corrected chi connectivity index (χ2v) is 3.71. The highest BCUT2D eigenvalue weighted by molar-refractivity contribution is 5.84. The van der Waals surface area contributed by atoms with Crippen LogP contribution in [0.3, 0.4) is 0 Å². The number of rotatable bonds is 3. The summed E-state index contributed by atoms with van der Waals surface area (Å²) in [5.41, 5.74) is -0.507. The Labute approximate surface area is 111 Å². The van der Waals surface area contributed by atoms with Crippen LogP contribution < -0.4 is 0 Å². The summed E-state index contributed by atoms with van der Waals surface area (Å²) in [5.74, 6) is -1.18. The highest BCUT2D eigenvalue weighted by atomic mass is 19.4. The first-order valence-corrected chi connectivity index (χ1v) is 5.60. The molecule has 0 amide bonds. The zero-order valence-corrected chi connectivity index (χ0v) is 10.3. The van der Waals surface area contributed by atoms with Gasteiger partial charge in [0.25, 0.3) is 0 Å². The number of hydrogen-bond donors (Lipinski definition) is 0. The van der Waals surface area contributed by atoms with Crippen LogP contribution in [0.2, 0.25) is 0 Å². The lowest BCUT2D eigenvalue weighted by molar-refractivity contribution is -0.137. The summed E-state index contributed by atoms with van der Waals surface area (Å²) < 4.78 is 46.9. The molecule has 0 spiro atoms. The molecule has 0 saturated heterocycles. The van der Waals surface area contributed by atoms with Crippen molar-refractivity contribution in [2.45, 2.75) is 13.1 Å². The average Bonchev–Trinajstić information content (AvgIpc) is 2.88. The summed E-state index contributed by atoms with van der Waals surface area (Å²) >= 11 is 0. The molecule has 0 saturated carbocycles. The zero-order chi connectivity index (χ0) is 14.8. The lowest BCUT2D eigenvalue weighted by Gasteiger charge is -2.05. The van der Waals surface area contributed by atoms with E-state index in [4.69, 9.17) is 4.42 Å². The molecule has 0 radical (unpaired) electrons. The van der Waals surface area contributed by atoms with Crippen molar-refractivity contribution in [1.29, 1.82) is 0 Å². The molecule has 5 nitrogen and oxygen atoms in total. The number of halogens is 3.